The third-order valence-electron chi connectivity index (χ3n) is 0.341. The van der Waals surface area contributed by atoms with Crippen molar-refractivity contribution in [1.82, 2.24) is 0 Å². The summed E-state index contributed by atoms with van der Waals surface area (Å²) >= 11 is 0. The van der Waals surface area contributed by atoms with Crippen LogP contribution in [0.5, 0.6) is 0 Å². The highest BCUT2D eigenvalue weighted by molar-refractivity contribution is 4.83. The lowest BCUT2D eigenvalue weighted by molar-refractivity contribution is -0.478. The fraction of sp³-hybridized carbons (Fsp3) is 0.500. The summed E-state index contributed by atoms with van der Waals surface area (Å²) in [6.45, 7) is 1.67. The molecule has 0 saturated heterocycles. The van der Waals surface area contributed by atoms with Crippen LogP contribution in [-0.2, 0) is 14.8 Å². The van der Waals surface area contributed by atoms with Gasteiger partial charge in [-0.05, 0) is 12.0 Å². The lowest BCUT2D eigenvalue weighted by atomic mass is 10.6. The van der Waals surface area contributed by atoms with Crippen molar-refractivity contribution in [2.75, 3.05) is 7.11 Å². The van der Waals surface area contributed by atoms with Crippen molar-refractivity contribution in [1.29, 1.82) is 0 Å². The summed E-state index contributed by atoms with van der Waals surface area (Å²) in [5.41, 5.74) is 5.65. The summed E-state index contributed by atoms with van der Waals surface area (Å²) in [6.07, 6.45) is 1.23. The van der Waals surface area contributed by atoms with Gasteiger partial charge in [-0.2, -0.15) is 4.89 Å². The number of nitrogens with two attached hydrogens (primary N) is 1. The molecule has 0 atom stereocenters. The first kappa shape index (κ1) is 7.26. The quantitative estimate of drug-likeness (QED) is 0.251. The highest BCUT2D eigenvalue weighted by Gasteiger charge is 1.77. The summed E-state index contributed by atoms with van der Waals surface area (Å²) in [4.78, 5) is 8.30. The van der Waals surface area contributed by atoms with Crippen molar-refractivity contribution in [3.63, 3.8) is 0 Å². The Kier molecular flexibility index (Phi) is 4.01. The number of hydrogen-bond acceptors (Lipinski definition) is 4. The fourth-order valence-corrected chi connectivity index (χ4v) is 0.135. The molecule has 0 unspecified atom stereocenters. The third kappa shape index (κ3) is 5.26. The predicted octanol–water partition coefficient (Wildman–Crippen LogP) is 0.316. The maximum absolute atomic E-state index is 5.13. The largest absolute Gasteiger partial charge is 0.400 e. The first-order valence-corrected chi connectivity index (χ1v) is 2.05. The molecule has 0 amide bonds. The van der Waals surface area contributed by atoms with Gasteiger partial charge in [-0.15, -0.1) is 0 Å². The van der Waals surface area contributed by atoms with Gasteiger partial charge in [-0.25, -0.2) is 0 Å². The standard InChI is InChI=1S/C4H9NO3/c1-4(5)3-7-8-6-2/h3H,5H2,1-2H3/b4-3+. The maximum Gasteiger partial charge on any atom is 0.151 e. The fourth-order valence-electron chi connectivity index (χ4n) is 0.135. The van der Waals surface area contributed by atoms with Crippen LogP contribution in [0.4, 0.5) is 0 Å². The van der Waals surface area contributed by atoms with Gasteiger partial charge < -0.3 is 10.6 Å². The molecule has 0 aromatic heterocycles. The molecule has 0 aliphatic heterocycles. The zero-order chi connectivity index (χ0) is 6.41. The molecule has 0 saturated carbocycles. The second-order valence-corrected chi connectivity index (χ2v) is 1.19. The van der Waals surface area contributed by atoms with Gasteiger partial charge in [0.2, 0.25) is 0 Å². The van der Waals surface area contributed by atoms with Crippen LogP contribution in [-0.4, -0.2) is 7.11 Å². The van der Waals surface area contributed by atoms with Gasteiger partial charge >= 0.3 is 0 Å². The monoisotopic (exact) mass is 119 g/mol. The molecule has 48 valence electrons. The number of hydrogen-bond donors (Lipinski definition) is 1. The smallest absolute Gasteiger partial charge is 0.151 e. The third-order valence-corrected chi connectivity index (χ3v) is 0.341. The van der Waals surface area contributed by atoms with Crippen molar-refractivity contribution < 1.29 is 14.8 Å². The van der Waals surface area contributed by atoms with Crippen LogP contribution in [0, 0.1) is 0 Å². The van der Waals surface area contributed by atoms with E-state index in [1.54, 1.807) is 6.92 Å². The van der Waals surface area contributed by atoms with Crippen molar-refractivity contribution in [2.45, 2.75) is 6.92 Å². The van der Waals surface area contributed by atoms with Crippen molar-refractivity contribution in [2.24, 2.45) is 5.73 Å². The number of rotatable bonds is 3. The molecule has 0 spiro atoms. The van der Waals surface area contributed by atoms with Crippen LogP contribution in [0.2, 0.25) is 0 Å². The average Bonchev–Trinajstić information content (AvgIpc) is 1.66. The Hall–Kier alpha value is -0.740. The molecule has 0 rings (SSSR count). The van der Waals surface area contributed by atoms with E-state index in [9.17, 15) is 0 Å². The van der Waals surface area contributed by atoms with Crippen LogP contribution in [0.15, 0.2) is 12.0 Å². The van der Waals surface area contributed by atoms with E-state index in [0.717, 1.165) is 0 Å². The zero-order valence-electron chi connectivity index (χ0n) is 4.88. The van der Waals surface area contributed by atoms with E-state index in [-0.39, 0.29) is 0 Å². The Morgan fingerprint density at radius 1 is 1.62 bits per heavy atom. The number of allylic oxidation sites excluding steroid dienone is 1. The molecular weight excluding hydrogens is 110 g/mol. The minimum absolute atomic E-state index is 0.516. The molecule has 4 nitrogen and oxygen atoms in total. The van der Waals surface area contributed by atoms with Crippen LogP contribution in [0.3, 0.4) is 0 Å². The lowest BCUT2D eigenvalue weighted by Crippen LogP contribution is -1.93. The molecule has 0 fully saturated rings. The summed E-state index contributed by atoms with van der Waals surface area (Å²) in [7, 11) is 1.33. The Labute approximate surface area is 47.7 Å². The molecule has 0 aliphatic carbocycles. The van der Waals surface area contributed by atoms with E-state index in [2.05, 4.69) is 14.8 Å². The summed E-state index contributed by atoms with van der Waals surface area (Å²) in [5, 5.41) is 3.99. The normalized spacial score (nSPS) is 11.5. The van der Waals surface area contributed by atoms with Crippen LogP contribution in [0.1, 0.15) is 6.92 Å². The maximum atomic E-state index is 5.13. The molecule has 0 aromatic carbocycles. The second-order valence-electron chi connectivity index (χ2n) is 1.19. The van der Waals surface area contributed by atoms with Gasteiger partial charge in [-0.1, -0.05) is 0 Å². The van der Waals surface area contributed by atoms with Crippen molar-refractivity contribution in [3.05, 3.63) is 12.0 Å². The van der Waals surface area contributed by atoms with Gasteiger partial charge in [0, 0.05) is 5.70 Å². The minimum atomic E-state index is 0.516. The van der Waals surface area contributed by atoms with Gasteiger partial charge in [0.05, 0.1) is 7.11 Å². The molecule has 8 heavy (non-hydrogen) atoms. The Balaban J connectivity index is 3.03. The summed E-state index contributed by atoms with van der Waals surface area (Å²) in [5.74, 6) is 0. The van der Waals surface area contributed by atoms with Gasteiger partial charge in [-0.3, -0.25) is 0 Å². The lowest BCUT2D eigenvalue weighted by Gasteiger charge is -1.92. The molecule has 0 aliphatic rings. The predicted molar refractivity (Wildman–Crippen MR) is 27.1 cm³/mol. The SMILES string of the molecule is COOO/C=C(\C)N. The molecule has 2 N–H and O–H groups in total. The molecule has 0 radical (unpaired) electrons. The molecule has 4 heteroatoms. The highest BCUT2D eigenvalue weighted by Crippen LogP contribution is 1.82. The topological polar surface area (TPSA) is 53.7 Å². The molecule has 0 bridgehead atoms. The molecule has 0 aromatic rings. The van der Waals surface area contributed by atoms with Gasteiger partial charge in [0.1, 0.15) is 0 Å². The minimum Gasteiger partial charge on any atom is -0.400 e. The van der Waals surface area contributed by atoms with Gasteiger partial charge in [0.15, 0.2) is 6.26 Å². The summed E-state index contributed by atoms with van der Waals surface area (Å²) < 4.78 is 0. The van der Waals surface area contributed by atoms with E-state index in [1.807, 2.05) is 0 Å². The van der Waals surface area contributed by atoms with Crippen molar-refractivity contribution >= 4 is 0 Å². The molecular formula is C4H9NO3. The first-order valence-electron chi connectivity index (χ1n) is 2.05. The highest BCUT2D eigenvalue weighted by atomic mass is 17.5. The molecule has 0 heterocycles. The average molecular weight is 119 g/mol. The van der Waals surface area contributed by atoms with E-state index in [4.69, 9.17) is 5.73 Å². The van der Waals surface area contributed by atoms with Crippen LogP contribution >= 0.6 is 0 Å². The van der Waals surface area contributed by atoms with Gasteiger partial charge in [0.25, 0.3) is 0 Å². The van der Waals surface area contributed by atoms with Crippen LogP contribution < -0.4 is 5.73 Å². The Morgan fingerprint density at radius 3 is 2.62 bits per heavy atom. The van der Waals surface area contributed by atoms with E-state index < -0.39 is 0 Å². The van der Waals surface area contributed by atoms with Crippen molar-refractivity contribution in [3.8, 4) is 0 Å². The second kappa shape index (κ2) is 4.42. The Bertz CT molecular complexity index is 77.4. The van der Waals surface area contributed by atoms with E-state index in [1.165, 1.54) is 13.4 Å². The summed E-state index contributed by atoms with van der Waals surface area (Å²) in [6, 6.07) is 0. The van der Waals surface area contributed by atoms with E-state index >= 15 is 0 Å². The first-order chi connectivity index (χ1) is 3.77. The van der Waals surface area contributed by atoms with Crippen LogP contribution in [0.25, 0.3) is 0 Å². The van der Waals surface area contributed by atoms with E-state index in [0.29, 0.717) is 5.70 Å². The Morgan fingerprint density at radius 2 is 2.25 bits per heavy atom. The zero-order valence-corrected chi connectivity index (χ0v) is 4.88.